The van der Waals surface area contributed by atoms with E-state index in [-0.39, 0.29) is 0 Å². The molecule has 0 aliphatic rings. The van der Waals surface area contributed by atoms with E-state index in [4.69, 9.17) is 17.4 Å². The zero-order valence-corrected chi connectivity index (χ0v) is 5.13. The largest absolute Gasteiger partial charge is 0.388 e. The Morgan fingerprint density at radius 2 is 2.30 bits per heavy atom. The molecule has 0 aromatic rings. The summed E-state index contributed by atoms with van der Waals surface area (Å²) in [5, 5.41) is 8.05. The first kappa shape index (κ1) is 8.26. The number of halogens is 1. The Labute approximate surface area is 58.4 Å². The van der Waals surface area contributed by atoms with Crippen LogP contribution in [0.4, 0.5) is 4.39 Å². The minimum absolute atomic E-state index is 0.466. The molecule has 0 saturated heterocycles. The maximum Gasteiger partial charge on any atom is 0.157 e. The number of nitrogens with two attached hydrogens (primary N) is 1. The van der Waals surface area contributed by atoms with Gasteiger partial charge in [0.05, 0.1) is 0 Å². The molecule has 3 heteroatoms. The van der Waals surface area contributed by atoms with Crippen molar-refractivity contribution in [2.24, 2.45) is 5.73 Å². The van der Waals surface area contributed by atoms with Crippen LogP contribution in [0.1, 0.15) is 0 Å². The van der Waals surface area contributed by atoms with Crippen LogP contribution in [0.2, 0.25) is 0 Å². The van der Waals surface area contributed by atoms with E-state index < -0.39 is 11.5 Å². The molecule has 0 rings (SSSR count). The normalized spacial score (nSPS) is 11.9. The minimum atomic E-state index is -0.805. The Balaban J connectivity index is 4.41. The Kier molecular flexibility index (Phi) is 3.44. The first-order valence-electron chi connectivity index (χ1n) is 2.40. The number of nitrogens with zero attached hydrogens (tertiary/aromatic N) is 1. The van der Waals surface area contributed by atoms with Crippen molar-refractivity contribution in [3.63, 3.8) is 0 Å². The van der Waals surface area contributed by atoms with Crippen molar-refractivity contribution in [3.8, 4) is 18.4 Å². The lowest BCUT2D eigenvalue weighted by Crippen LogP contribution is -1.94. The van der Waals surface area contributed by atoms with Gasteiger partial charge in [-0.3, -0.25) is 0 Å². The molecule has 0 atom stereocenters. The van der Waals surface area contributed by atoms with Crippen molar-refractivity contribution in [1.82, 2.24) is 0 Å². The number of hydrogen-bond acceptors (Lipinski definition) is 2. The van der Waals surface area contributed by atoms with Crippen LogP contribution in [0.25, 0.3) is 0 Å². The van der Waals surface area contributed by atoms with Gasteiger partial charge in [0.15, 0.2) is 5.83 Å². The highest BCUT2D eigenvalue weighted by atomic mass is 19.1. The quantitative estimate of drug-likeness (QED) is 0.330. The molecule has 0 aliphatic heterocycles. The van der Waals surface area contributed by atoms with Crippen molar-refractivity contribution in [3.05, 3.63) is 23.7 Å². The fourth-order valence-corrected chi connectivity index (χ4v) is 0.264. The SMILES string of the molecule is C#C/C=C\C(F)=C(/N)C#N. The number of hydrogen-bond donors (Lipinski definition) is 1. The third-order valence-corrected chi connectivity index (χ3v) is 0.704. The Morgan fingerprint density at radius 1 is 1.70 bits per heavy atom. The van der Waals surface area contributed by atoms with Crippen LogP contribution in [-0.4, -0.2) is 0 Å². The highest BCUT2D eigenvalue weighted by Gasteiger charge is 1.93. The van der Waals surface area contributed by atoms with E-state index in [0.29, 0.717) is 0 Å². The van der Waals surface area contributed by atoms with Gasteiger partial charge in [0.25, 0.3) is 0 Å². The summed E-state index contributed by atoms with van der Waals surface area (Å²) in [5.74, 6) is 1.25. The summed E-state index contributed by atoms with van der Waals surface area (Å²) in [4.78, 5) is 0. The highest BCUT2D eigenvalue weighted by Crippen LogP contribution is 2.00. The van der Waals surface area contributed by atoms with Crippen LogP contribution in [0.15, 0.2) is 23.7 Å². The molecule has 0 radical (unpaired) electrons. The molecule has 0 aromatic heterocycles. The molecule has 0 heterocycles. The Hall–Kier alpha value is -1.74. The lowest BCUT2D eigenvalue weighted by atomic mass is 10.4. The summed E-state index contributed by atoms with van der Waals surface area (Å²) in [7, 11) is 0. The van der Waals surface area contributed by atoms with Gasteiger partial charge in [0.2, 0.25) is 0 Å². The van der Waals surface area contributed by atoms with Gasteiger partial charge in [-0.05, 0) is 12.2 Å². The Morgan fingerprint density at radius 3 is 2.70 bits per heavy atom. The van der Waals surface area contributed by atoms with E-state index in [2.05, 4.69) is 5.92 Å². The van der Waals surface area contributed by atoms with Crippen molar-refractivity contribution in [2.75, 3.05) is 0 Å². The molecule has 2 nitrogen and oxygen atoms in total. The topological polar surface area (TPSA) is 49.8 Å². The average molecular weight is 136 g/mol. The van der Waals surface area contributed by atoms with Gasteiger partial charge in [-0.15, -0.1) is 6.42 Å². The second-order valence-corrected chi connectivity index (χ2v) is 1.37. The minimum Gasteiger partial charge on any atom is -0.388 e. The summed E-state index contributed by atoms with van der Waals surface area (Å²) in [6.07, 6.45) is 6.85. The maximum absolute atomic E-state index is 12.3. The molecule has 0 bridgehead atoms. The van der Waals surface area contributed by atoms with Gasteiger partial charge in [-0.1, -0.05) is 5.92 Å². The molecule has 0 saturated carbocycles. The van der Waals surface area contributed by atoms with Crippen LogP contribution >= 0.6 is 0 Å². The summed E-state index contributed by atoms with van der Waals surface area (Å²) >= 11 is 0. The van der Waals surface area contributed by atoms with Crippen LogP contribution in [-0.2, 0) is 0 Å². The monoisotopic (exact) mass is 136 g/mol. The molecule has 0 aliphatic carbocycles. The molecule has 50 valence electrons. The molecule has 0 spiro atoms. The first-order chi connectivity index (χ1) is 4.72. The third-order valence-electron chi connectivity index (χ3n) is 0.704. The van der Waals surface area contributed by atoms with Gasteiger partial charge in [0, 0.05) is 0 Å². The zero-order valence-electron chi connectivity index (χ0n) is 5.13. The van der Waals surface area contributed by atoms with E-state index in [1.54, 1.807) is 0 Å². The average Bonchev–Trinajstić information content (AvgIpc) is 1.98. The van der Waals surface area contributed by atoms with Gasteiger partial charge in [0.1, 0.15) is 11.8 Å². The van der Waals surface area contributed by atoms with Gasteiger partial charge < -0.3 is 5.73 Å². The van der Waals surface area contributed by atoms with Gasteiger partial charge in [-0.2, -0.15) is 5.26 Å². The molecule has 2 N–H and O–H groups in total. The lowest BCUT2D eigenvalue weighted by molar-refractivity contribution is 0.657. The molecule has 0 fully saturated rings. The van der Waals surface area contributed by atoms with Crippen LogP contribution < -0.4 is 5.73 Å². The number of rotatable bonds is 1. The predicted octanol–water partition coefficient (Wildman–Crippen LogP) is 0.839. The van der Waals surface area contributed by atoms with E-state index in [1.165, 1.54) is 6.07 Å². The summed E-state index contributed by atoms with van der Waals surface area (Å²) < 4.78 is 12.3. The molecule has 0 amide bonds. The van der Waals surface area contributed by atoms with Crippen molar-refractivity contribution >= 4 is 0 Å². The van der Waals surface area contributed by atoms with Gasteiger partial charge in [-0.25, -0.2) is 4.39 Å². The zero-order chi connectivity index (χ0) is 7.98. The van der Waals surface area contributed by atoms with Crippen molar-refractivity contribution in [2.45, 2.75) is 0 Å². The number of terminal acetylenes is 1. The highest BCUT2D eigenvalue weighted by molar-refractivity contribution is 5.30. The van der Waals surface area contributed by atoms with Crippen molar-refractivity contribution in [1.29, 1.82) is 5.26 Å². The number of allylic oxidation sites excluding steroid dienone is 4. The molecular weight excluding hydrogens is 131 g/mol. The summed E-state index contributed by atoms with van der Waals surface area (Å²) in [5.41, 5.74) is 4.41. The van der Waals surface area contributed by atoms with Crippen LogP contribution in [0.5, 0.6) is 0 Å². The summed E-state index contributed by atoms with van der Waals surface area (Å²) in [6, 6.07) is 1.44. The molecule has 0 unspecified atom stereocenters. The molecule has 10 heavy (non-hydrogen) atoms. The van der Waals surface area contributed by atoms with Crippen molar-refractivity contribution < 1.29 is 4.39 Å². The van der Waals surface area contributed by atoms with E-state index >= 15 is 0 Å². The van der Waals surface area contributed by atoms with E-state index in [1.807, 2.05) is 0 Å². The predicted molar refractivity (Wildman–Crippen MR) is 35.9 cm³/mol. The van der Waals surface area contributed by atoms with E-state index in [9.17, 15) is 4.39 Å². The first-order valence-corrected chi connectivity index (χ1v) is 2.40. The smallest absolute Gasteiger partial charge is 0.157 e. The summed E-state index contributed by atoms with van der Waals surface area (Å²) in [6.45, 7) is 0. The fraction of sp³-hybridized carbons (Fsp3) is 0. The third kappa shape index (κ3) is 2.54. The maximum atomic E-state index is 12.3. The number of nitriles is 1. The lowest BCUT2D eigenvalue weighted by Gasteiger charge is -1.84. The van der Waals surface area contributed by atoms with E-state index in [0.717, 1.165) is 12.2 Å². The Bertz CT molecular complexity index is 250. The van der Waals surface area contributed by atoms with Crippen LogP contribution in [0.3, 0.4) is 0 Å². The van der Waals surface area contributed by atoms with Gasteiger partial charge >= 0.3 is 0 Å². The fourth-order valence-electron chi connectivity index (χ4n) is 0.264. The second-order valence-electron chi connectivity index (χ2n) is 1.37. The van der Waals surface area contributed by atoms with Crippen LogP contribution in [0, 0.1) is 23.7 Å². The standard InChI is InChI=1S/C7H5FN2/c1-2-3-4-6(8)7(10)5-9/h1,3-4H,10H2/b4-3-,7-6+. The molecular formula is C7H5FN2. The molecule has 0 aromatic carbocycles. The second kappa shape index (κ2) is 4.17.